The van der Waals surface area contributed by atoms with Crippen molar-refractivity contribution in [2.75, 3.05) is 13.1 Å². The summed E-state index contributed by atoms with van der Waals surface area (Å²) >= 11 is 1.49. The number of hydrogen-bond donors (Lipinski definition) is 0. The molecule has 0 N–H and O–H groups in total. The van der Waals surface area contributed by atoms with Crippen molar-refractivity contribution < 1.29 is 4.79 Å². The molecule has 0 aromatic carbocycles. The summed E-state index contributed by atoms with van der Waals surface area (Å²) in [6, 6.07) is 3.80. The average Bonchev–Trinajstić information content (AvgIpc) is 3.29. The topological polar surface area (TPSA) is 68.8 Å². The van der Waals surface area contributed by atoms with Gasteiger partial charge < -0.3 is 9.47 Å². The Morgan fingerprint density at radius 1 is 1.30 bits per heavy atom. The predicted octanol–water partition coefficient (Wildman–Crippen LogP) is 1.28. The number of aromatic nitrogens is 5. The van der Waals surface area contributed by atoms with Crippen LogP contribution in [0.3, 0.4) is 0 Å². The molecule has 1 aliphatic rings. The van der Waals surface area contributed by atoms with Crippen molar-refractivity contribution in [3.05, 3.63) is 52.8 Å². The van der Waals surface area contributed by atoms with E-state index in [9.17, 15) is 4.79 Å². The molecule has 118 valence electrons. The molecule has 0 radical (unpaired) electrons. The van der Waals surface area contributed by atoms with Crippen molar-refractivity contribution in [1.29, 1.82) is 0 Å². The SMILES string of the molecule is O=C(c1cccs1)N1CCc2ncc(Cn3cncn3)n2CC1. The Labute approximate surface area is 137 Å². The number of fused-ring (bicyclic) bond motifs is 1. The molecular formula is C15H16N6OS. The number of thiophene rings is 1. The summed E-state index contributed by atoms with van der Waals surface area (Å²) in [5, 5.41) is 6.08. The molecule has 3 aromatic rings. The van der Waals surface area contributed by atoms with E-state index in [1.54, 1.807) is 11.0 Å². The van der Waals surface area contributed by atoms with Crippen molar-refractivity contribution in [1.82, 2.24) is 29.2 Å². The minimum atomic E-state index is 0.114. The van der Waals surface area contributed by atoms with Crippen molar-refractivity contribution in [2.24, 2.45) is 0 Å². The number of nitrogens with zero attached hydrogens (tertiary/aromatic N) is 6. The van der Waals surface area contributed by atoms with Crippen LogP contribution >= 0.6 is 11.3 Å². The van der Waals surface area contributed by atoms with Crippen LogP contribution in [0.2, 0.25) is 0 Å². The lowest BCUT2D eigenvalue weighted by Crippen LogP contribution is -2.33. The molecule has 0 fully saturated rings. The van der Waals surface area contributed by atoms with E-state index in [1.807, 2.05) is 28.6 Å². The first-order chi connectivity index (χ1) is 11.3. The number of carbonyl (C=O) groups excluding carboxylic acids is 1. The monoisotopic (exact) mass is 328 g/mol. The first kappa shape index (κ1) is 14.1. The Balaban J connectivity index is 1.51. The largest absolute Gasteiger partial charge is 0.336 e. The summed E-state index contributed by atoms with van der Waals surface area (Å²) in [7, 11) is 0. The van der Waals surface area contributed by atoms with Crippen LogP contribution in [-0.2, 0) is 19.5 Å². The fourth-order valence-electron chi connectivity index (χ4n) is 2.86. The standard InChI is InChI=1S/C15H16N6OS/c22-15(13-2-1-7-23-13)19-4-3-14-17-8-12(21(14)6-5-19)9-20-11-16-10-18-20/h1-2,7-8,10-11H,3-6,9H2. The highest BCUT2D eigenvalue weighted by Gasteiger charge is 2.22. The zero-order valence-electron chi connectivity index (χ0n) is 12.5. The molecule has 23 heavy (non-hydrogen) atoms. The van der Waals surface area contributed by atoms with Crippen LogP contribution in [0.25, 0.3) is 0 Å². The molecule has 0 aliphatic carbocycles. The third kappa shape index (κ3) is 2.77. The zero-order valence-corrected chi connectivity index (χ0v) is 13.3. The van der Waals surface area contributed by atoms with Crippen molar-refractivity contribution >= 4 is 17.2 Å². The third-order valence-corrected chi connectivity index (χ3v) is 4.89. The Morgan fingerprint density at radius 3 is 3.04 bits per heavy atom. The van der Waals surface area contributed by atoms with Crippen LogP contribution in [0.15, 0.2) is 36.4 Å². The van der Waals surface area contributed by atoms with Gasteiger partial charge in [0.1, 0.15) is 18.5 Å². The van der Waals surface area contributed by atoms with Gasteiger partial charge in [0.05, 0.1) is 23.3 Å². The fraction of sp³-hybridized carbons (Fsp3) is 0.333. The fourth-order valence-corrected chi connectivity index (χ4v) is 3.55. The van der Waals surface area contributed by atoms with Gasteiger partial charge in [0, 0.05) is 26.1 Å². The van der Waals surface area contributed by atoms with Gasteiger partial charge in [0.15, 0.2) is 0 Å². The van der Waals surface area contributed by atoms with E-state index in [-0.39, 0.29) is 5.91 Å². The summed E-state index contributed by atoms with van der Waals surface area (Å²) in [5.74, 6) is 1.14. The summed E-state index contributed by atoms with van der Waals surface area (Å²) in [6.45, 7) is 2.81. The summed E-state index contributed by atoms with van der Waals surface area (Å²) in [4.78, 5) is 23.7. The van der Waals surface area contributed by atoms with Gasteiger partial charge in [-0.15, -0.1) is 11.3 Å². The van der Waals surface area contributed by atoms with Gasteiger partial charge in [-0.2, -0.15) is 5.10 Å². The quantitative estimate of drug-likeness (QED) is 0.726. The van der Waals surface area contributed by atoms with E-state index in [4.69, 9.17) is 0 Å². The number of rotatable bonds is 3. The van der Waals surface area contributed by atoms with Crippen LogP contribution in [-0.4, -0.2) is 48.2 Å². The van der Waals surface area contributed by atoms with E-state index in [2.05, 4.69) is 19.6 Å². The molecule has 4 rings (SSSR count). The molecule has 7 nitrogen and oxygen atoms in total. The lowest BCUT2D eigenvalue weighted by atomic mass is 10.3. The Kier molecular flexibility index (Phi) is 3.66. The maximum atomic E-state index is 12.5. The molecule has 0 saturated heterocycles. The number of amides is 1. The maximum Gasteiger partial charge on any atom is 0.263 e. The number of hydrogen-bond acceptors (Lipinski definition) is 5. The lowest BCUT2D eigenvalue weighted by Gasteiger charge is -2.19. The van der Waals surface area contributed by atoms with Gasteiger partial charge in [-0.25, -0.2) is 14.6 Å². The lowest BCUT2D eigenvalue weighted by molar-refractivity contribution is 0.0763. The third-order valence-electron chi connectivity index (χ3n) is 4.03. The highest BCUT2D eigenvalue weighted by atomic mass is 32.1. The summed E-state index contributed by atoms with van der Waals surface area (Å²) < 4.78 is 3.98. The second kappa shape index (κ2) is 5.96. The zero-order chi connectivity index (χ0) is 15.6. The number of imidazole rings is 1. The molecule has 0 atom stereocenters. The second-order valence-electron chi connectivity index (χ2n) is 5.43. The molecule has 0 unspecified atom stereocenters. The van der Waals surface area contributed by atoms with E-state index >= 15 is 0 Å². The molecule has 0 spiro atoms. The van der Waals surface area contributed by atoms with E-state index in [0.717, 1.165) is 29.4 Å². The van der Waals surface area contributed by atoms with Gasteiger partial charge >= 0.3 is 0 Å². The van der Waals surface area contributed by atoms with Gasteiger partial charge in [0.25, 0.3) is 5.91 Å². The van der Waals surface area contributed by atoms with E-state index in [1.165, 1.54) is 17.7 Å². The number of carbonyl (C=O) groups is 1. The van der Waals surface area contributed by atoms with Crippen LogP contribution in [0.1, 0.15) is 21.2 Å². The second-order valence-corrected chi connectivity index (χ2v) is 6.38. The van der Waals surface area contributed by atoms with E-state index < -0.39 is 0 Å². The van der Waals surface area contributed by atoms with Crippen molar-refractivity contribution in [3.63, 3.8) is 0 Å². The van der Waals surface area contributed by atoms with Gasteiger partial charge in [0.2, 0.25) is 0 Å². The molecule has 0 saturated carbocycles. The van der Waals surface area contributed by atoms with Crippen molar-refractivity contribution in [2.45, 2.75) is 19.5 Å². The molecule has 1 amide bonds. The maximum absolute atomic E-state index is 12.5. The molecule has 0 bridgehead atoms. The highest BCUT2D eigenvalue weighted by molar-refractivity contribution is 7.12. The van der Waals surface area contributed by atoms with Gasteiger partial charge in [-0.1, -0.05) is 6.07 Å². The summed E-state index contributed by atoms with van der Waals surface area (Å²) in [5.41, 5.74) is 1.09. The van der Waals surface area contributed by atoms with Crippen LogP contribution < -0.4 is 0 Å². The molecule has 1 aliphatic heterocycles. The first-order valence-electron chi connectivity index (χ1n) is 7.50. The molecule has 4 heterocycles. The van der Waals surface area contributed by atoms with Crippen LogP contribution in [0, 0.1) is 0 Å². The Morgan fingerprint density at radius 2 is 2.26 bits per heavy atom. The van der Waals surface area contributed by atoms with Crippen LogP contribution in [0.5, 0.6) is 0 Å². The van der Waals surface area contributed by atoms with E-state index in [0.29, 0.717) is 19.6 Å². The van der Waals surface area contributed by atoms with Crippen LogP contribution in [0.4, 0.5) is 0 Å². The molecule has 8 heteroatoms. The smallest absolute Gasteiger partial charge is 0.263 e. The van der Waals surface area contributed by atoms with Gasteiger partial charge in [-0.05, 0) is 11.4 Å². The molecular weight excluding hydrogens is 312 g/mol. The highest BCUT2D eigenvalue weighted by Crippen LogP contribution is 2.16. The Hall–Kier alpha value is -2.48. The Bertz CT molecular complexity index is 792. The minimum Gasteiger partial charge on any atom is -0.336 e. The van der Waals surface area contributed by atoms with Crippen molar-refractivity contribution in [3.8, 4) is 0 Å². The average molecular weight is 328 g/mol. The minimum absolute atomic E-state index is 0.114. The molecule has 3 aromatic heterocycles. The summed E-state index contributed by atoms with van der Waals surface area (Å²) in [6.07, 6.45) is 5.90. The normalized spacial score (nSPS) is 14.5. The van der Waals surface area contributed by atoms with Gasteiger partial charge in [-0.3, -0.25) is 4.79 Å². The first-order valence-corrected chi connectivity index (χ1v) is 8.38. The predicted molar refractivity (Wildman–Crippen MR) is 85.3 cm³/mol.